The highest BCUT2D eigenvalue weighted by Gasteiger charge is 2.57. The minimum Gasteiger partial charge on any atom is -0.408 e. The number of aliphatic hydroxyl groups is 1. The van der Waals surface area contributed by atoms with Crippen LogP contribution in [0.4, 0.5) is 11.6 Å². The van der Waals surface area contributed by atoms with E-state index >= 15 is 0 Å². The van der Waals surface area contributed by atoms with Gasteiger partial charge in [-0.1, -0.05) is 41.5 Å². The number of aliphatic hydroxyl groups excluding tert-OH is 1. The summed E-state index contributed by atoms with van der Waals surface area (Å²) < 4.78 is 57.2. The van der Waals surface area contributed by atoms with E-state index in [0.29, 0.717) is 22.6 Å². The van der Waals surface area contributed by atoms with Gasteiger partial charge >= 0.3 is 13.4 Å². The van der Waals surface area contributed by atoms with Crippen LogP contribution in [0.1, 0.15) is 66.0 Å². The number of anilines is 2. The van der Waals surface area contributed by atoms with E-state index in [-0.39, 0.29) is 36.4 Å². The molecule has 0 radical (unpaired) electrons. The van der Waals surface area contributed by atoms with E-state index in [9.17, 15) is 14.9 Å². The van der Waals surface area contributed by atoms with Crippen LogP contribution in [0.15, 0.2) is 25.2 Å². The smallest absolute Gasteiger partial charge is 0.325 e. The van der Waals surface area contributed by atoms with Crippen molar-refractivity contribution in [2.24, 2.45) is 0 Å². The number of aryl methyl sites for hydroxylation is 1. The Hall–Kier alpha value is -1.94. The highest BCUT2D eigenvalue weighted by Crippen LogP contribution is 2.56. The summed E-state index contributed by atoms with van der Waals surface area (Å²) in [6, 6.07) is 0. The molecule has 2 bridgehead atoms. The third-order valence-electron chi connectivity index (χ3n) is 13.3. The predicted octanol–water partition coefficient (Wildman–Crippen LogP) is 5.86. The van der Waals surface area contributed by atoms with Crippen LogP contribution in [0, 0.1) is 0 Å². The Morgan fingerprint density at radius 3 is 2.09 bits per heavy atom. The van der Waals surface area contributed by atoms with E-state index in [1.54, 1.807) is 4.57 Å². The molecule has 0 aromatic carbocycles. The fourth-order valence-electron chi connectivity index (χ4n) is 7.88. The molecule has 3 fully saturated rings. The number of fused-ring (bicyclic) bond motifs is 4. The maximum Gasteiger partial charge on any atom is 0.325 e. The van der Waals surface area contributed by atoms with Gasteiger partial charge in [0.2, 0.25) is 0 Å². The molecule has 0 amide bonds. The zero-order valence-electron chi connectivity index (χ0n) is 37.8. The van der Waals surface area contributed by atoms with Crippen molar-refractivity contribution in [3.05, 3.63) is 30.7 Å². The largest absolute Gasteiger partial charge is 0.408 e. The molecule has 8 heterocycles. The van der Waals surface area contributed by atoms with Gasteiger partial charge in [0.15, 0.2) is 46.1 Å². The molecular weight excluding hydrogens is 941 g/mol. The Kier molecular flexibility index (Phi) is 13.5. The van der Waals surface area contributed by atoms with E-state index in [1.807, 2.05) is 10.8 Å². The quantitative estimate of drug-likeness (QED) is 0.0976. The van der Waals surface area contributed by atoms with E-state index in [2.05, 4.69) is 98.3 Å². The number of hydrogen-bond acceptors (Lipinski definition) is 18. The van der Waals surface area contributed by atoms with Crippen LogP contribution in [0.5, 0.6) is 0 Å². The molecule has 0 saturated carbocycles. The molecule has 4 aliphatic rings. The topological polar surface area (TPSA) is 233 Å². The molecule has 4 aromatic rings. The van der Waals surface area contributed by atoms with E-state index in [0.717, 1.165) is 36.2 Å². The molecule has 8 rings (SSSR count). The van der Waals surface area contributed by atoms with Gasteiger partial charge in [0, 0.05) is 19.3 Å². The molecule has 20 nitrogen and oxygen atoms in total. The number of aromatic nitrogens is 7. The normalized spacial score (nSPS) is 32.1. The first kappa shape index (κ1) is 48.5. The number of ether oxygens (including phenoxy) is 2. The van der Waals surface area contributed by atoms with Crippen molar-refractivity contribution in [3.8, 4) is 0 Å². The fraction of sp³-hybridized carbons (Fsp3) is 0.711. The number of imidazole rings is 1. The summed E-state index contributed by atoms with van der Waals surface area (Å²) >= 11 is 11.7. The lowest BCUT2D eigenvalue weighted by Gasteiger charge is -2.41. The van der Waals surface area contributed by atoms with Gasteiger partial charge in [-0.15, -0.1) is 0 Å². The maximum atomic E-state index is 12.2. The highest BCUT2D eigenvalue weighted by atomic mass is 32.5. The molecule has 64 heavy (non-hydrogen) atoms. The Labute approximate surface area is 385 Å². The van der Waals surface area contributed by atoms with E-state index in [1.165, 1.54) is 19.0 Å². The van der Waals surface area contributed by atoms with Crippen LogP contribution in [0.25, 0.3) is 22.2 Å². The van der Waals surface area contributed by atoms with Gasteiger partial charge < -0.3 is 57.5 Å². The van der Waals surface area contributed by atoms with Crippen molar-refractivity contribution in [3.63, 3.8) is 0 Å². The number of nitrogens with one attached hydrogen (secondary N) is 2. The second-order valence-corrected chi connectivity index (χ2v) is 34.8. The lowest BCUT2D eigenvalue weighted by atomic mass is 10.1. The molecule has 0 spiro atoms. The summed E-state index contributed by atoms with van der Waals surface area (Å²) in [4.78, 5) is 47.0. The van der Waals surface area contributed by atoms with Gasteiger partial charge in [-0.05, 0) is 78.3 Å². The number of rotatable bonds is 9. The van der Waals surface area contributed by atoms with Crippen LogP contribution in [-0.2, 0) is 66.5 Å². The average molecular weight is 1000 g/mol. The molecule has 4 aromatic heterocycles. The number of nitrogens with zero attached hydrogens (tertiary/aromatic N) is 7. The first-order valence-electron chi connectivity index (χ1n) is 21.5. The van der Waals surface area contributed by atoms with Crippen LogP contribution in [0.2, 0.25) is 36.3 Å². The van der Waals surface area contributed by atoms with Crippen molar-refractivity contribution >= 4 is 87.5 Å². The van der Waals surface area contributed by atoms with Gasteiger partial charge in [0.05, 0.1) is 31.5 Å². The summed E-state index contributed by atoms with van der Waals surface area (Å²) in [5.41, 5.74) is 2.45. The minimum absolute atomic E-state index is 0.125. The SMILES string of the molecule is CC(C)(C)[Si](C)(C)O[C@@H]1[C@@H]2OP(O)(=S)OC[C@H]3O[C@@H](n4cnc5c(NCCO)ncnc54)[C@H](OP(O)(=S)OC[C@H]2O[C@H]1n1cc2c4c(ncnc41)NCCC2)[C@@H]3O[Si](C)(C)C(C)(C)C. The lowest BCUT2D eigenvalue weighted by molar-refractivity contribution is -0.0604. The second kappa shape index (κ2) is 17.9. The first-order valence-corrected chi connectivity index (χ1v) is 32.5. The molecule has 5 N–H and O–H groups in total. The standard InChI is InChI=1S/C38H61N9O11P2S2Si2/c1-37(2,3)63(7,8)57-28-24-18-52-59(49,61)55-27-23(17-51-60(50,62)56-29(28)35(54-24)47-21-45-26-32(40-14-15-48)42-20-44-34(26)47)53-36(30(27)58-64(9,10)38(4,5)6)46-16-22-12-11-13-39-31-25(22)33(46)43-19-41-31/h16,19-21,23-24,27-30,35-36,48H,11-15,17-18H2,1-10H3,(H,49,61)(H,50,62)(H,39,41,43)(H,40,42,44)/t23-,24-,27-,28-,29-,30-,35-,36-,59?,60?/m1/s1. The van der Waals surface area contributed by atoms with Gasteiger partial charge in [-0.3, -0.25) is 13.6 Å². The Balaban J connectivity index is 1.20. The van der Waals surface area contributed by atoms with Crippen molar-refractivity contribution in [2.75, 3.05) is 43.5 Å². The van der Waals surface area contributed by atoms with Crippen molar-refractivity contribution in [1.82, 2.24) is 34.1 Å². The molecule has 2 unspecified atom stereocenters. The van der Waals surface area contributed by atoms with Crippen molar-refractivity contribution in [2.45, 2.75) is 140 Å². The number of hydrogen-bond donors (Lipinski definition) is 5. The van der Waals surface area contributed by atoms with Gasteiger partial charge in [-0.25, -0.2) is 24.9 Å². The van der Waals surface area contributed by atoms with Gasteiger partial charge in [0.25, 0.3) is 0 Å². The second-order valence-electron chi connectivity index (χ2n) is 19.7. The Bertz CT molecular complexity index is 2450. The summed E-state index contributed by atoms with van der Waals surface area (Å²) in [6.45, 7) is 13.0. The molecular formula is C38H61N9O11P2S2Si2. The van der Waals surface area contributed by atoms with Crippen LogP contribution in [0.3, 0.4) is 0 Å². The van der Waals surface area contributed by atoms with Crippen molar-refractivity contribution < 1.29 is 51.3 Å². The third-order valence-corrected chi connectivity index (χ3v) is 25.3. The summed E-state index contributed by atoms with van der Waals surface area (Å²) in [7, 11) is -5.27. The van der Waals surface area contributed by atoms with Crippen LogP contribution >= 0.6 is 13.4 Å². The van der Waals surface area contributed by atoms with Crippen LogP contribution < -0.4 is 10.6 Å². The molecule has 3 saturated heterocycles. The highest BCUT2D eigenvalue weighted by molar-refractivity contribution is 8.07. The summed E-state index contributed by atoms with van der Waals surface area (Å²) in [5.74, 6) is 1.13. The van der Waals surface area contributed by atoms with Gasteiger partial charge in [0.1, 0.15) is 60.7 Å². The van der Waals surface area contributed by atoms with E-state index < -0.39 is 79.2 Å². The molecule has 26 heteroatoms. The molecule has 354 valence electrons. The third kappa shape index (κ3) is 9.56. The molecule has 4 aliphatic heterocycles. The summed E-state index contributed by atoms with van der Waals surface area (Å²) in [5, 5.41) is 16.3. The zero-order valence-corrected chi connectivity index (χ0v) is 43.2. The van der Waals surface area contributed by atoms with Crippen molar-refractivity contribution in [1.29, 1.82) is 0 Å². The maximum absolute atomic E-state index is 12.2. The molecule has 0 aliphatic carbocycles. The Morgan fingerprint density at radius 1 is 0.812 bits per heavy atom. The van der Waals surface area contributed by atoms with Gasteiger partial charge in [-0.2, -0.15) is 0 Å². The predicted molar refractivity (Wildman–Crippen MR) is 252 cm³/mol. The first-order chi connectivity index (χ1) is 29.9. The monoisotopic (exact) mass is 1000 g/mol. The Morgan fingerprint density at radius 2 is 1.42 bits per heavy atom. The van der Waals surface area contributed by atoms with E-state index in [4.69, 9.17) is 65.0 Å². The average Bonchev–Trinajstić information content (AvgIpc) is 3.92. The minimum atomic E-state index is -4.21. The lowest BCUT2D eigenvalue weighted by Crippen LogP contribution is -2.50. The zero-order chi connectivity index (χ0) is 46.2. The summed E-state index contributed by atoms with van der Waals surface area (Å²) in [6.07, 6.45) is 0.235. The molecule has 10 atom stereocenters. The fourth-order valence-corrected chi connectivity index (χ4v) is 13.3. The van der Waals surface area contributed by atoms with Crippen LogP contribution in [-0.4, -0.2) is 135 Å².